The number of ether oxygens (including phenoxy) is 1. The second-order valence-electron chi connectivity index (χ2n) is 10.1. The average Bonchev–Trinajstić information content (AvgIpc) is 3.58. The van der Waals surface area contributed by atoms with Crippen LogP contribution < -0.4 is 14.6 Å². The zero-order valence-electron chi connectivity index (χ0n) is 20.7. The summed E-state index contributed by atoms with van der Waals surface area (Å²) >= 11 is 0. The first-order valence-electron chi connectivity index (χ1n) is 11.6. The normalized spacial score (nSPS) is 17.3. The Balaban J connectivity index is 1.75. The van der Waals surface area contributed by atoms with Gasteiger partial charge in [0, 0.05) is 43.7 Å². The van der Waals surface area contributed by atoms with Gasteiger partial charge in [-0.25, -0.2) is 9.18 Å². The zero-order valence-corrected chi connectivity index (χ0v) is 21.5. The molecule has 0 radical (unpaired) electrons. The van der Waals surface area contributed by atoms with E-state index in [-0.39, 0.29) is 54.4 Å². The molecule has 2 aliphatic rings. The number of alkyl halides is 3. The second-order valence-corrected chi connectivity index (χ2v) is 11.7. The molecule has 1 aromatic carbocycles. The maximum absolute atomic E-state index is 15.5. The molecule has 2 aromatic rings. The number of hydrogen-bond acceptors (Lipinski definition) is 7. The van der Waals surface area contributed by atoms with Crippen molar-refractivity contribution in [2.75, 3.05) is 31.1 Å². The highest BCUT2D eigenvalue weighted by molar-refractivity contribution is 7.88. The predicted octanol–water partition coefficient (Wildman–Crippen LogP) is 4.07. The van der Waals surface area contributed by atoms with Gasteiger partial charge in [-0.05, 0) is 52.2 Å². The summed E-state index contributed by atoms with van der Waals surface area (Å²) in [6.07, 6.45) is 0.770. The Bertz CT molecular complexity index is 1400. The van der Waals surface area contributed by atoms with Gasteiger partial charge in [0.05, 0.1) is 11.2 Å². The van der Waals surface area contributed by atoms with Gasteiger partial charge in [0.1, 0.15) is 11.4 Å². The zero-order chi connectivity index (χ0) is 27.5. The Morgan fingerprint density at radius 2 is 1.65 bits per heavy atom. The van der Waals surface area contributed by atoms with Gasteiger partial charge >= 0.3 is 21.7 Å². The molecule has 4 rings (SSSR count). The van der Waals surface area contributed by atoms with E-state index < -0.39 is 44.4 Å². The van der Waals surface area contributed by atoms with Crippen molar-refractivity contribution in [3.05, 3.63) is 33.9 Å². The third-order valence-corrected chi connectivity index (χ3v) is 7.07. The van der Waals surface area contributed by atoms with E-state index in [1.54, 1.807) is 25.7 Å². The molecule has 0 unspecified atom stereocenters. The first-order valence-corrected chi connectivity index (χ1v) is 13.0. The summed E-state index contributed by atoms with van der Waals surface area (Å²) in [6, 6.07) is 1.28. The number of nitrogens with zero attached hydrogens (tertiary/aromatic N) is 3. The summed E-state index contributed by atoms with van der Waals surface area (Å²) in [5.41, 5.74) is -6.70. The van der Waals surface area contributed by atoms with E-state index in [1.807, 2.05) is 0 Å². The average molecular weight is 550 g/mol. The molecule has 9 nitrogen and oxygen atoms in total. The molecule has 0 atom stereocenters. The van der Waals surface area contributed by atoms with Gasteiger partial charge in [0.15, 0.2) is 5.75 Å². The minimum atomic E-state index is -6.09. The highest BCUT2D eigenvalue weighted by Gasteiger charge is 2.49. The summed E-state index contributed by atoms with van der Waals surface area (Å²) in [4.78, 5) is 28.4. The summed E-state index contributed by atoms with van der Waals surface area (Å²) in [5.74, 6) is -1.72. The molecule has 1 saturated heterocycles. The van der Waals surface area contributed by atoms with Crippen molar-refractivity contribution in [2.24, 2.45) is 0 Å². The van der Waals surface area contributed by atoms with Gasteiger partial charge in [-0.15, -0.1) is 0 Å². The number of rotatable bonds is 4. The Morgan fingerprint density at radius 1 is 1.05 bits per heavy atom. The number of fused-ring (bicyclic) bond motifs is 1. The lowest BCUT2D eigenvalue weighted by molar-refractivity contribution is -0.0499. The van der Waals surface area contributed by atoms with Crippen molar-refractivity contribution in [1.82, 2.24) is 9.47 Å². The van der Waals surface area contributed by atoms with Crippen molar-refractivity contribution < 1.29 is 39.7 Å². The van der Waals surface area contributed by atoms with Gasteiger partial charge < -0.3 is 23.3 Å². The number of aromatic nitrogens is 1. The fraction of sp³-hybridized carbons (Fsp3) is 0.565. The van der Waals surface area contributed by atoms with Gasteiger partial charge in [0.2, 0.25) is 0 Å². The largest absolute Gasteiger partial charge is 0.534 e. The van der Waals surface area contributed by atoms with Gasteiger partial charge in [-0.2, -0.15) is 21.6 Å². The van der Waals surface area contributed by atoms with E-state index in [1.165, 1.54) is 16.4 Å². The van der Waals surface area contributed by atoms with Crippen molar-refractivity contribution >= 4 is 32.8 Å². The van der Waals surface area contributed by atoms with Gasteiger partial charge in [0.25, 0.3) is 5.56 Å². The lowest BCUT2D eigenvalue weighted by Gasteiger charge is -2.37. The van der Waals surface area contributed by atoms with Crippen LogP contribution in [0.25, 0.3) is 10.9 Å². The minimum Gasteiger partial charge on any atom is -0.444 e. The number of halogens is 4. The monoisotopic (exact) mass is 549 g/mol. The van der Waals surface area contributed by atoms with E-state index in [2.05, 4.69) is 4.18 Å². The van der Waals surface area contributed by atoms with Crippen molar-refractivity contribution in [3.63, 3.8) is 0 Å². The molecule has 2 heterocycles. The third-order valence-electron chi connectivity index (χ3n) is 6.10. The standard InChI is InChI=1S/C23H27F4N3O6S/c1-13-19-15(17(36-37(33,34)23(25,26)27)12-18(31)30(19)14-5-6-14)11-16(24)20(13)28-7-9-29(10-8-28)21(32)35-22(2,3)4/h11-12,14H,5-10H2,1-4H3. The van der Waals surface area contributed by atoms with Crippen molar-refractivity contribution in [2.45, 2.75) is 57.7 Å². The van der Waals surface area contributed by atoms with Crippen LogP contribution in [0.15, 0.2) is 16.9 Å². The number of hydrogen-bond donors (Lipinski definition) is 0. The maximum Gasteiger partial charge on any atom is 0.534 e. The van der Waals surface area contributed by atoms with Gasteiger partial charge in [-0.1, -0.05) is 0 Å². The van der Waals surface area contributed by atoms with Crippen LogP contribution in [0.5, 0.6) is 5.75 Å². The number of benzene rings is 1. The number of carbonyl (C=O) groups is 1. The van der Waals surface area contributed by atoms with Crippen LogP contribution >= 0.6 is 0 Å². The van der Waals surface area contributed by atoms with E-state index >= 15 is 4.39 Å². The maximum atomic E-state index is 15.5. The summed E-state index contributed by atoms with van der Waals surface area (Å²) in [5, 5.41) is -0.259. The fourth-order valence-corrected chi connectivity index (χ4v) is 4.85. The Hall–Kier alpha value is -3.03. The molecule has 1 aromatic heterocycles. The number of aryl methyl sites for hydroxylation is 1. The fourth-order valence-electron chi connectivity index (χ4n) is 4.38. The van der Waals surface area contributed by atoms with E-state index in [4.69, 9.17) is 4.74 Å². The molecule has 0 spiro atoms. The molecule has 0 bridgehead atoms. The van der Waals surface area contributed by atoms with Gasteiger partial charge in [-0.3, -0.25) is 4.79 Å². The van der Waals surface area contributed by atoms with Crippen molar-refractivity contribution in [1.29, 1.82) is 0 Å². The molecular formula is C23H27F4N3O6S. The number of amides is 1. The van der Waals surface area contributed by atoms with Crippen LogP contribution in [0.3, 0.4) is 0 Å². The third kappa shape index (κ3) is 5.34. The Kier molecular flexibility index (Phi) is 6.62. The van der Waals surface area contributed by atoms with E-state index in [0.29, 0.717) is 18.9 Å². The molecule has 2 fully saturated rings. The highest BCUT2D eigenvalue weighted by Crippen LogP contribution is 2.42. The molecular weight excluding hydrogens is 522 g/mol. The first kappa shape index (κ1) is 27.0. The second kappa shape index (κ2) is 9.07. The lowest BCUT2D eigenvalue weighted by atomic mass is 10.0. The number of pyridine rings is 1. The number of carbonyl (C=O) groups excluding carboxylic acids is 1. The predicted molar refractivity (Wildman–Crippen MR) is 127 cm³/mol. The Morgan fingerprint density at radius 3 is 2.16 bits per heavy atom. The first-order chi connectivity index (χ1) is 17.0. The quantitative estimate of drug-likeness (QED) is 0.322. The molecule has 1 aliphatic heterocycles. The topological polar surface area (TPSA) is 98.2 Å². The molecule has 14 heteroatoms. The van der Waals surface area contributed by atoms with Crippen LogP contribution in [0.4, 0.5) is 28.0 Å². The Labute approximate surface area is 210 Å². The van der Waals surface area contributed by atoms with Crippen LogP contribution in [-0.2, 0) is 14.9 Å². The summed E-state index contributed by atoms with van der Waals surface area (Å²) in [6.45, 7) is 7.66. The molecule has 1 amide bonds. The van der Waals surface area contributed by atoms with Crippen LogP contribution in [0.1, 0.15) is 45.2 Å². The lowest BCUT2D eigenvalue weighted by Crippen LogP contribution is -2.50. The molecule has 1 aliphatic carbocycles. The van der Waals surface area contributed by atoms with E-state index in [0.717, 1.165) is 6.07 Å². The van der Waals surface area contributed by atoms with Crippen LogP contribution in [0, 0.1) is 12.7 Å². The highest BCUT2D eigenvalue weighted by atomic mass is 32.2. The molecule has 0 N–H and O–H groups in total. The summed E-state index contributed by atoms with van der Waals surface area (Å²) in [7, 11) is -6.09. The summed E-state index contributed by atoms with van der Waals surface area (Å²) < 4.78 is 88.7. The SMILES string of the molecule is Cc1c(N2CCN(C(=O)OC(C)(C)C)CC2)c(F)cc2c(OS(=O)(=O)C(F)(F)F)cc(=O)n(C3CC3)c12. The number of anilines is 1. The van der Waals surface area contributed by atoms with Crippen molar-refractivity contribution in [3.8, 4) is 5.75 Å². The molecule has 1 saturated carbocycles. The molecule has 204 valence electrons. The molecule has 37 heavy (non-hydrogen) atoms. The van der Waals surface area contributed by atoms with Crippen LogP contribution in [0.2, 0.25) is 0 Å². The van der Waals surface area contributed by atoms with E-state index in [9.17, 15) is 31.2 Å². The smallest absolute Gasteiger partial charge is 0.444 e. The minimum absolute atomic E-state index is 0.105. The number of piperazine rings is 1. The van der Waals surface area contributed by atoms with Crippen LogP contribution in [-0.4, -0.2) is 61.3 Å².